The third-order valence-electron chi connectivity index (χ3n) is 4.72. The van der Waals surface area contributed by atoms with Crippen molar-refractivity contribution in [2.75, 3.05) is 33.4 Å². The highest BCUT2D eigenvalue weighted by molar-refractivity contribution is 8.00. The molecule has 1 aliphatic heterocycles. The summed E-state index contributed by atoms with van der Waals surface area (Å²) < 4.78 is 34.4. The number of rotatable bonds is 6. The molecule has 30 heavy (non-hydrogen) atoms. The molecule has 1 aromatic heterocycles. The molecular weight excluding hydrogens is 430 g/mol. The second-order valence-corrected chi connectivity index (χ2v) is 9.88. The van der Waals surface area contributed by atoms with Crippen molar-refractivity contribution in [2.45, 2.75) is 35.7 Å². The topological polar surface area (TPSA) is 123 Å². The van der Waals surface area contributed by atoms with Gasteiger partial charge in [0, 0.05) is 26.7 Å². The van der Waals surface area contributed by atoms with Crippen molar-refractivity contribution in [1.82, 2.24) is 24.5 Å². The Bertz CT molecular complexity index is 1050. The van der Waals surface area contributed by atoms with Crippen molar-refractivity contribution in [3.8, 4) is 0 Å². The average molecular weight is 456 g/mol. The number of nitrogens with one attached hydrogen (secondary N) is 2. The molecule has 0 spiro atoms. The fraction of sp³-hybridized carbons (Fsp3) is 0.500. The van der Waals surface area contributed by atoms with Crippen LogP contribution in [0.3, 0.4) is 0 Å². The van der Waals surface area contributed by atoms with Crippen LogP contribution in [0.5, 0.6) is 0 Å². The summed E-state index contributed by atoms with van der Waals surface area (Å²) in [6.45, 7) is 5.62. The van der Waals surface area contributed by atoms with E-state index in [0.717, 1.165) is 5.52 Å². The van der Waals surface area contributed by atoms with E-state index in [4.69, 9.17) is 4.74 Å². The van der Waals surface area contributed by atoms with Crippen LogP contribution in [0, 0.1) is 0 Å². The average Bonchev–Trinajstić information content (AvgIpc) is 3.10. The first-order valence-electron chi connectivity index (χ1n) is 9.55. The van der Waals surface area contributed by atoms with Gasteiger partial charge in [-0.3, -0.25) is 10.1 Å². The van der Waals surface area contributed by atoms with Gasteiger partial charge in [0.25, 0.3) is 0 Å². The van der Waals surface area contributed by atoms with Crippen LogP contribution in [0.2, 0.25) is 0 Å². The molecule has 164 valence electrons. The number of sulfonamides is 1. The number of morpholine rings is 1. The smallest absolute Gasteiger partial charge is 0.321 e. The number of imide groups is 1. The lowest BCUT2D eigenvalue weighted by Gasteiger charge is -2.26. The molecule has 1 saturated heterocycles. The van der Waals surface area contributed by atoms with Crippen LogP contribution in [-0.4, -0.2) is 72.8 Å². The van der Waals surface area contributed by atoms with Gasteiger partial charge in [0.15, 0.2) is 5.16 Å². The highest BCUT2D eigenvalue weighted by atomic mass is 32.2. The Morgan fingerprint density at radius 2 is 2.00 bits per heavy atom. The minimum atomic E-state index is -3.63. The van der Waals surface area contributed by atoms with E-state index in [1.807, 2.05) is 11.5 Å². The summed E-state index contributed by atoms with van der Waals surface area (Å²) in [5.74, 6) is -0.440. The molecule has 0 radical (unpaired) electrons. The Kier molecular flexibility index (Phi) is 7.01. The van der Waals surface area contributed by atoms with E-state index in [9.17, 15) is 18.0 Å². The molecule has 3 rings (SSSR count). The lowest BCUT2D eigenvalue weighted by Crippen LogP contribution is -2.41. The maximum atomic E-state index is 12.9. The Morgan fingerprint density at radius 3 is 2.63 bits per heavy atom. The summed E-state index contributed by atoms with van der Waals surface area (Å²) in [5.41, 5.74) is 1.31. The lowest BCUT2D eigenvalue weighted by molar-refractivity contribution is -0.119. The summed E-state index contributed by atoms with van der Waals surface area (Å²) in [6, 6.07) is 4.30. The van der Waals surface area contributed by atoms with Crippen LogP contribution < -0.4 is 10.6 Å². The second kappa shape index (κ2) is 9.33. The van der Waals surface area contributed by atoms with Crippen molar-refractivity contribution in [1.29, 1.82) is 0 Å². The van der Waals surface area contributed by atoms with Crippen LogP contribution in [0.25, 0.3) is 11.0 Å². The monoisotopic (exact) mass is 455 g/mol. The molecule has 3 amide bonds. The van der Waals surface area contributed by atoms with Crippen LogP contribution in [0.1, 0.15) is 13.8 Å². The number of amides is 3. The zero-order chi connectivity index (χ0) is 21.9. The Hall–Kier alpha value is -2.15. The number of hydrogen-bond donors (Lipinski definition) is 2. The van der Waals surface area contributed by atoms with Gasteiger partial charge >= 0.3 is 6.03 Å². The van der Waals surface area contributed by atoms with E-state index < -0.39 is 27.2 Å². The number of fused-ring (bicyclic) bond motifs is 1. The summed E-state index contributed by atoms with van der Waals surface area (Å²) in [5, 5.41) is 4.59. The minimum Gasteiger partial charge on any atom is -0.379 e. The third-order valence-corrected chi connectivity index (χ3v) is 7.71. The Labute approximate surface area is 179 Å². The molecular formula is C18H25N5O5S2. The van der Waals surface area contributed by atoms with E-state index >= 15 is 0 Å². The number of carbonyl (C=O) groups is 2. The fourth-order valence-corrected chi connectivity index (χ4v) is 5.48. The predicted molar refractivity (Wildman–Crippen MR) is 113 cm³/mol. The first-order chi connectivity index (χ1) is 14.3. The van der Waals surface area contributed by atoms with E-state index in [-0.39, 0.29) is 4.90 Å². The summed E-state index contributed by atoms with van der Waals surface area (Å²) in [4.78, 5) is 28.3. The van der Waals surface area contributed by atoms with Crippen LogP contribution in [0.4, 0.5) is 4.79 Å². The van der Waals surface area contributed by atoms with Gasteiger partial charge in [0.1, 0.15) is 0 Å². The van der Waals surface area contributed by atoms with Crippen LogP contribution >= 0.6 is 11.8 Å². The zero-order valence-electron chi connectivity index (χ0n) is 17.0. The number of urea groups is 1. The highest BCUT2D eigenvalue weighted by Crippen LogP contribution is 2.29. The number of carbonyl (C=O) groups excluding carboxylic acids is 2. The maximum absolute atomic E-state index is 12.9. The van der Waals surface area contributed by atoms with Crippen LogP contribution in [0.15, 0.2) is 28.3 Å². The Morgan fingerprint density at radius 1 is 1.30 bits per heavy atom. The van der Waals surface area contributed by atoms with E-state index in [0.29, 0.717) is 43.5 Å². The standard InChI is InChI=1S/C18H25N5O5S2/c1-4-23-15-6-5-13(30(26,27)22-7-9-28-10-8-22)11-14(15)20-18(23)29-12(2)16(24)21-17(25)19-3/h5-6,11-12H,4,7-10H2,1-3H3,(H2,19,21,24,25). The number of ether oxygens (including phenoxy) is 1. The van der Waals surface area contributed by atoms with Gasteiger partial charge in [-0.25, -0.2) is 18.2 Å². The molecule has 0 saturated carbocycles. The third kappa shape index (κ3) is 4.61. The number of aryl methyl sites for hydroxylation is 1. The fourth-order valence-electron chi connectivity index (χ4n) is 3.07. The normalized spacial score (nSPS) is 16.4. The molecule has 2 aromatic rings. The number of thioether (sulfide) groups is 1. The summed E-state index contributed by atoms with van der Waals surface area (Å²) in [6.07, 6.45) is 0. The van der Waals surface area contributed by atoms with Gasteiger partial charge in [-0.2, -0.15) is 4.31 Å². The van der Waals surface area contributed by atoms with Gasteiger partial charge in [0.2, 0.25) is 15.9 Å². The number of nitrogens with zero attached hydrogens (tertiary/aromatic N) is 3. The molecule has 10 nitrogen and oxygen atoms in total. The summed E-state index contributed by atoms with van der Waals surface area (Å²) >= 11 is 1.21. The van der Waals surface area contributed by atoms with E-state index in [1.54, 1.807) is 25.1 Å². The number of benzene rings is 1. The molecule has 1 unspecified atom stereocenters. The summed E-state index contributed by atoms with van der Waals surface area (Å²) in [7, 11) is -2.20. The van der Waals surface area contributed by atoms with Crippen molar-refractivity contribution in [2.24, 2.45) is 0 Å². The van der Waals surface area contributed by atoms with Gasteiger partial charge in [-0.1, -0.05) is 11.8 Å². The molecule has 2 N–H and O–H groups in total. The maximum Gasteiger partial charge on any atom is 0.321 e. The molecule has 1 aliphatic rings. The molecule has 1 atom stereocenters. The predicted octanol–water partition coefficient (Wildman–Crippen LogP) is 1.01. The first-order valence-corrected chi connectivity index (χ1v) is 11.9. The lowest BCUT2D eigenvalue weighted by atomic mass is 10.3. The van der Waals surface area contributed by atoms with Gasteiger partial charge in [-0.15, -0.1) is 0 Å². The van der Waals surface area contributed by atoms with Crippen molar-refractivity contribution < 1.29 is 22.7 Å². The quantitative estimate of drug-likeness (QED) is 0.623. The van der Waals surface area contributed by atoms with Gasteiger partial charge < -0.3 is 14.6 Å². The SMILES string of the molecule is CCn1c(SC(C)C(=O)NC(=O)NC)nc2cc(S(=O)(=O)N3CCOCC3)ccc21. The molecule has 0 bridgehead atoms. The molecule has 1 fully saturated rings. The van der Waals surface area contributed by atoms with Crippen molar-refractivity contribution >= 4 is 44.8 Å². The van der Waals surface area contributed by atoms with Gasteiger partial charge in [0.05, 0.1) is 34.4 Å². The largest absolute Gasteiger partial charge is 0.379 e. The minimum absolute atomic E-state index is 0.180. The molecule has 0 aliphatic carbocycles. The molecule has 2 heterocycles. The molecule has 12 heteroatoms. The molecule has 1 aromatic carbocycles. The van der Waals surface area contributed by atoms with E-state index in [1.165, 1.54) is 23.1 Å². The zero-order valence-corrected chi connectivity index (χ0v) is 18.7. The number of aromatic nitrogens is 2. The first kappa shape index (κ1) is 22.5. The number of imidazole rings is 1. The Balaban J connectivity index is 1.88. The van der Waals surface area contributed by atoms with Gasteiger partial charge in [-0.05, 0) is 32.0 Å². The van der Waals surface area contributed by atoms with Crippen molar-refractivity contribution in [3.05, 3.63) is 18.2 Å². The van der Waals surface area contributed by atoms with Crippen LogP contribution in [-0.2, 0) is 26.1 Å². The number of hydrogen-bond acceptors (Lipinski definition) is 7. The second-order valence-electron chi connectivity index (χ2n) is 6.63. The van der Waals surface area contributed by atoms with Crippen molar-refractivity contribution in [3.63, 3.8) is 0 Å². The van der Waals surface area contributed by atoms with E-state index in [2.05, 4.69) is 15.6 Å². The highest BCUT2D eigenvalue weighted by Gasteiger charge is 2.27.